The number of hydrogen-bond donors (Lipinski definition) is 2. The maximum absolute atomic E-state index is 4.31. The van der Waals surface area contributed by atoms with Gasteiger partial charge in [0.05, 0.1) is 0 Å². The van der Waals surface area contributed by atoms with Crippen LogP contribution in [0.2, 0.25) is 0 Å². The minimum Gasteiger partial charge on any atom is -0.373 e. The van der Waals surface area contributed by atoms with Gasteiger partial charge in [0.2, 0.25) is 0 Å². The average Bonchev–Trinajstić information content (AvgIpc) is 2.03. The van der Waals surface area contributed by atoms with Gasteiger partial charge in [0, 0.05) is 13.1 Å². The highest BCUT2D eigenvalue weighted by molar-refractivity contribution is 5.44. The van der Waals surface area contributed by atoms with Gasteiger partial charge in [0.1, 0.15) is 11.6 Å². The van der Waals surface area contributed by atoms with Crippen LogP contribution in [0.25, 0.3) is 0 Å². The number of rotatable bonds is 3. The molecule has 2 N–H and O–H groups in total. The van der Waals surface area contributed by atoms with Crippen LogP contribution in [0.4, 0.5) is 11.6 Å². The summed E-state index contributed by atoms with van der Waals surface area (Å²) in [5.74, 6) is 1.80. The smallest absolute Gasteiger partial charge is 0.128 e. The molecule has 66 valence electrons. The van der Waals surface area contributed by atoms with Crippen LogP contribution in [-0.2, 0) is 0 Å². The normalized spacial score (nSPS) is 10.0. The van der Waals surface area contributed by atoms with Gasteiger partial charge in [0.25, 0.3) is 0 Å². The molecular weight excluding hydrogens is 150 g/mol. The molecule has 0 amide bonds. The zero-order valence-corrected chi connectivity index (χ0v) is 7.76. The highest BCUT2D eigenvalue weighted by Gasteiger charge is 1.96. The monoisotopic (exact) mass is 165 g/mol. The predicted octanol–water partition coefficient (Wildman–Crippen LogP) is 1.94. The standard InChI is InChI=1S/C9H15N3/c1-7(2)11-9-6-4-5-8(10-3)12-9/h4-7H,1-3H3,(H2,10,11,12). The average molecular weight is 165 g/mol. The number of hydrogen-bond acceptors (Lipinski definition) is 3. The summed E-state index contributed by atoms with van der Waals surface area (Å²) in [6.45, 7) is 4.18. The van der Waals surface area contributed by atoms with E-state index in [0.29, 0.717) is 6.04 Å². The van der Waals surface area contributed by atoms with Gasteiger partial charge in [-0.2, -0.15) is 0 Å². The van der Waals surface area contributed by atoms with Crippen LogP contribution in [0.15, 0.2) is 18.2 Å². The van der Waals surface area contributed by atoms with E-state index in [1.807, 2.05) is 25.2 Å². The molecule has 1 aromatic heterocycles. The Morgan fingerprint density at radius 3 is 2.50 bits per heavy atom. The van der Waals surface area contributed by atoms with Crippen LogP contribution >= 0.6 is 0 Å². The molecular formula is C9H15N3. The molecule has 0 atom stereocenters. The SMILES string of the molecule is CNc1cccc(NC(C)C)n1. The van der Waals surface area contributed by atoms with E-state index in [1.165, 1.54) is 0 Å². The molecule has 0 aromatic carbocycles. The van der Waals surface area contributed by atoms with Crippen LogP contribution in [0, 0.1) is 0 Å². The number of anilines is 2. The van der Waals surface area contributed by atoms with Crippen LogP contribution in [-0.4, -0.2) is 18.1 Å². The van der Waals surface area contributed by atoms with Crippen LogP contribution in [0.1, 0.15) is 13.8 Å². The molecule has 1 aromatic rings. The van der Waals surface area contributed by atoms with Gasteiger partial charge in [-0.25, -0.2) is 4.98 Å². The van der Waals surface area contributed by atoms with E-state index in [9.17, 15) is 0 Å². The fourth-order valence-electron chi connectivity index (χ4n) is 0.950. The van der Waals surface area contributed by atoms with Crippen molar-refractivity contribution in [1.82, 2.24) is 4.98 Å². The Morgan fingerprint density at radius 2 is 1.92 bits per heavy atom. The van der Waals surface area contributed by atoms with Gasteiger partial charge in [-0.05, 0) is 26.0 Å². The van der Waals surface area contributed by atoms with Crippen LogP contribution in [0.5, 0.6) is 0 Å². The maximum atomic E-state index is 4.31. The molecule has 3 nitrogen and oxygen atoms in total. The first-order valence-corrected chi connectivity index (χ1v) is 4.13. The van der Waals surface area contributed by atoms with E-state index in [2.05, 4.69) is 29.5 Å². The zero-order valence-electron chi connectivity index (χ0n) is 7.76. The summed E-state index contributed by atoms with van der Waals surface area (Å²) < 4.78 is 0. The first kappa shape index (κ1) is 8.84. The number of nitrogens with zero attached hydrogens (tertiary/aromatic N) is 1. The molecule has 0 aliphatic carbocycles. The third kappa shape index (κ3) is 2.42. The summed E-state index contributed by atoms with van der Waals surface area (Å²) >= 11 is 0. The lowest BCUT2D eigenvalue weighted by atomic mass is 10.3. The summed E-state index contributed by atoms with van der Waals surface area (Å²) in [6.07, 6.45) is 0. The first-order valence-electron chi connectivity index (χ1n) is 4.13. The molecule has 12 heavy (non-hydrogen) atoms. The maximum Gasteiger partial charge on any atom is 0.128 e. The van der Waals surface area contributed by atoms with E-state index in [4.69, 9.17) is 0 Å². The van der Waals surface area contributed by atoms with Crippen molar-refractivity contribution in [3.8, 4) is 0 Å². The van der Waals surface area contributed by atoms with E-state index in [0.717, 1.165) is 11.6 Å². The quantitative estimate of drug-likeness (QED) is 0.718. The summed E-state index contributed by atoms with van der Waals surface area (Å²) in [7, 11) is 1.86. The van der Waals surface area contributed by atoms with Gasteiger partial charge in [-0.15, -0.1) is 0 Å². The summed E-state index contributed by atoms with van der Waals surface area (Å²) in [4.78, 5) is 4.31. The molecule has 1 rings (SSSR count). The Labute approximate surface area is 73.2 Å². The highest BCUT2D eigenvalue weighted by Crippen LogP contribution is 2.08. The molecule has 0 radical (unpaired) electrons. The molecule has 0 aliphatic heterocycles. The molecule has 0 bridgehead atoms. The van der Waals surface area contributed by atoms with E-state index in [1.54, 1.807) is 0 Å². The number of pyridine rings is 1. The first-order chi connectivity index (χ1) is 5.72. The number of nitrogens with one attached hydrogen (secondary N) is 2. The Hall–Kier alpha value is -1.25. The van der Waals surface area contributed by atoms with Crippen molar-refractivity contribution in [1.29, 1.82) is 0 Å². The van der Waals surface area contributed by atoms with Crippen molar-refractivity contribution < 1.29 is 0 Å². The molecule has 0 aliphatic rings. The van der Waals surface area contributed by atoms with Crippen molar-refractivity contribution >= 4 is 11.6 Å². The lowest BCUT2D eigenvalue weighted by Crippen LogP contribution is -2.11. The van der Waals surface area contributed by atoms with Gasteiger partial charge in [-0.3, -0.25) is 0 Å². The van der Waals surface area contributed by atoms with Crippen molar-refractivity contribution in [2.24, 2.45) is 0 Å². The topological polar surface area (TPSA) is 37.0 Å². The molecule has 3 heteroatoms. The minimum atomic E-state index is 0.421. The number of aromatic nitrogens is 1. The van der Waals surface area contributed by atoms with Crippen molar-refractivity contribution in [2.45, 2.75) is 19.9 Å². The Balaban J connectivity index is 2.72. The lowest BCUT2D eigenvalue weighted by Gasteiger charge is -2.09. The van der Waals surface area contributed by atoms with Gasteiger partial charge in [0.15, 0.2) is 0 Å². The van der Waals surface area contributed by atoms with E-state index >= 15 is 0 Å². The molecule has 1 heterocycles. The third-order valence-corrected chi connectivity index (χ3v) is 1.44. The molecule has 0 saturated carbocycles. The van der Waals surface area contributed by atoms with Crippen molar-refractivity contribution in [2.75, 3.05) is 17.7 Å². The Kier molecular flexibility index (Phi) is 2.91. The molecule has 0 unspecified atom stereocenters. The predicted molar refractivity (Wildman–Crippen MR) is 52.5 cm³/mol. The second kappa shape index (κ2) is 3.95. The third-order valence-electron chi connectivity index (χ3n) is 1.44. The lowest BCUT2D eigenvalue weighted by molar-refractivity contribution is 0.889. The Morgan fingerprint density at radius 1 is 1.25 bits per heavy atom. The van der Waals surface area contributed by atoms with E-state index < -0.39 is 0 Å². The van der Waals surface area contributed by atoms with Gasteiger partial charge in [-0.1, -0.05) is 6.07 Å². The van der Waals surface area contributed by atoms with Gasteiger partial charge >= 0.3 is 0 Å². The fraction of sp³-hybridized carbons (Fsp3) is 0.444. The van der Waals surface area contributed by atoms with Crippen LogP contribution < -0.4 is 10.6 Å². The zero-order chi connectivity index (χ0) is 8.97. The fourth-order valence-corrected chi connectivity index (χ4v) is 0.950. The Bertz CT molecular complexity index is 245. The van der Waals surface area contributed by atoms with Gasteiger partial charge < -0.3 is 10.6 Å². The molecule has 0 spiro atoms. The summed E-state index contributed by atoms with van der Waals surface area (Å²) in [5.41, 5.74) is 0. The largest absolute Gasteiger partial charge is 0.373 e. The summed E-state index contributed by atoms with van der Waals surface area (Å²) in [6, 6.07) is 6.29. The highest BCUT2D eigenvalue weighted by atomic mass is 15.1. The minimum absolute atomic E-state index is 0.421. The second-order valence-corrected chi connectivity index (χ2v) is 2.96. The molecule has 0 saturated heterocycles. The summed E-state index contributed by atoms with van der Waals surface area (Å²) in [5, 5.41) is 6.22. The van der Waals surface area contributed by atoms with E-state index in [-0.39, 0.29) is 0 Å². The van der Waals surface area contributed by atoms with Crippen molar-refractivity contribution in [3.05, 3.63) is 18.2 Å². The van der Waals surface area contributed by atoms with Crippen LogP contribution in [0.3, 0.4) is 0 Å². The van der Waals surface area contributed by atoms with Crippen molar-refractivity contribution in [3.63, 3.8) is 0 Å². The molecule has 0 fully saturated rings. The second-order valence-electron chi connectivity index (χ2n) is 2.96.